The molecule has 0 aliphatic rings. The van der Waals surface area contributed by atoms with Gasteiger partial charge >= 0.3 is 5.97 Å². The average Bonchev–Trinajstić information content (AvgIpc) is 3.47. The fourth-order valence-electron chi connectivity index (χ4n) is 11.6. The number of esters is 1. The maximum atomic E-state index is 12.6. The summed E-state index contributed by atoms with van der Waals surface area (Å²) in [5, 5.41) is 23.5. The van der Waals surface area contributed by atoms with Crippen LogP contribution in [0.3, 0.4) is 0 Å². The molecule has 81 heavy (non-hydrogen) atoms. The van der Waals surface area contributed by atoms with Gasteiger partial charge in [-0.05, 0) is 77.0 Å². The number of carbonyl (C=O) groups is 2. The van der Waals surface area contributed by atoms with E-state index in [1.54, 1.807) is 0 Å². The van der Waals surface area contributed by atoms with E-state index in [1.807, 2.05) is 0 Å². The van der Waals surface area contributed by atoms with E-state index in [0.717, 1.165) is 51.4 Å². The highest BCUT2D eigenvalue weighted by atomic mass is 16.5. The quantitative estimate of drug-likeness (QED) is 0.0320. The first-order chi connectivity index (χ1) is 40.0. The molecule has 2 unspecified atom stereocenters. The van der Waals surface area contributed by atoms with Crippen molar-refractivity contribution in [1.29, 1.82) is 0 Å². The van der Waals surface area contributed by atoms with E-state index < -0.39 is 12.1 Å². The molecule has 3 N–H and O–H groups in total. The zero-order valence-electron chi connectivity index (χ0n) is 54.8. The molecular weight excluding hydrogens is 995 g/mol. The molecule has 0 aliphatic carbocycles. The summed E-state index contributed by atoms with van der Waals surface area (Å²) in [6.07, 6.45) is 90.6. The fourth-order valence-corrected chi connectivity index (χ4v) is 11.6. The number of aliphatic hydroxyl groups excluding tert-OH is 2. The van der Waals surface area contributed by atoms with E-state index in [-0.39, 0.29) is 18.5 Å². The summed E-state index contributed by atoms with van der Waals surface area (Å²) < 4.78 is 5.48. The van der Waals surface area contributed by atoms with Gasteiger partial charge in [0.1, 0.15) is 0 Å². The zero-order valence-corrected chi connectivity index (χ0v) is 54.8. The van der Waals surface area contributed by atoms with Crippen LogP contribution >= 0.6 is 0 Å². The molecule has 0 aromatic carbocycles. The first kappa shape index (κ1) is 79.1. The van der Waals surface area contributed by atoms with E-state index in [2.05, 4.69) is 55.6 Å². The third-order valence-electron chi connectivity index (χ3n) is 17.1. The van der Waals surface area contributed by atoms with Crippen molar-refractivity contribution in [3.8, 4) is 0 Å². The molecule has 0 radical (unpaired) electrons. The van der Waals surface area contributed by atoms with Gasteiger partial charge in [-0.3, -0.25) is 9.59 Å². The lowest BCUT2D eigenvalue weighted by atomic mass is 10.0. The molecule has 0 rings (SSSR count). The van der Waals surface area contributed by atoms with Crippen LogP contribution < -0.4 is 5.32 Å². The smallest absolute Gasteiger partial charge is 0.305 e. The van der Waals surface area contributed by atoms with Crippen LogP contribution in [-0.2, 0) is 14.3 Å². The second-order valence-electron chi connectivity index (χ2n) is 25.3. The maximum absolute atomic E-state index is 12.6. The van der Waals surface area contributed by atoms with Gasteiger partial charge in [0.2, 0.25) is 5.91 Å². The molecule has 0 heterocycles. The standard InChI is InChI=1S/C75H143NO5/c1-3-5-7-9-11-13-15-17-18-19-20-21-22-28-31-34-37-40-44-47-51-55-59-63-67-73(78)72(71-77)76-74(79)68-64-60-56-52-48-45-41-38-35-32-29-26-24-23-25-27-30-33-36-39-42-46-50-54-58-62-66-70-81-75(80)69-65-61-57-53-49-43-16-14-12-10-8-6-4-2/h8,10,14,16,23-24,72-73,77-78H,3-7,9,11-13,15,17-22,25-71H2,1-2H3,(H,76,79)/b10-8-,16-14-,24-23-. The Morgan fingerprint density at radius 3 is 1.00 bits per heavy atom. The highest BCUT2D eigenvalue weighted by molar-refractivity contribution is 5.76. The molecular formula is C75H143NO5. The topological polar surface area (TPSA) is 95.9 Å². The number of amides is 1. The number of hydrogen-bond acceptors (Lipinski definition) is 5. The van der Waals surface area contributed by atoms with E-state index in [9.17, 15) is 19.8 Å². The third-order valence-corrected chi connectivity index (χ3v) is 17.1. The predicted molar refractivity (Wildman–Crippen MR) is 356 cm³/mol. The Balaban J connectivity index is 3.39. The molecule has 478 valence electrons. The lowest BCUT2D eigenvalue weighted by Crippen LogP contribution is -2.45. The van der Waals surface area contributed by atoms with Crippen molar-refractivity contribution in [2.75, 3.05) is 13.2 Å². The maximum Gasteiger partial charge on any atom is 0.305 e. The van der Waals surface area contributed by atoms with Crippen molar-refractivity contribution in [3.63, 3.8) is 0 Å². The lowest BCUT2D eigenvalue weighted by molar-refractivity contribution is -0.143. The summed E-state index contributed by atoms with van der Waals surface area (Å²) in [5.41, 5.74) is 0. The number of carbonyl (C=O) groups excluding carboxylic acids is 2. The highest BCUT2D eigenvalue weighted by Gasteiger charge is 2.20. The first-order valence-electron chi connectivity index (χ1n) is 36.7. The predicted octanol–water partition coefficient (Wildman–Crippen LogP) is 23.9. The van der Waals surface area contributed by atoms with Crippen LogP contribution in [0.2, 0.25) is 0 Å². The van der Waals surface area contributed by atoms with Crippen molar-refractivity contribution in [3.05, 3.63) is 36.5 Å². The van der Waals surface area contributed by atoms with Gasteiger partial charge in [-0.25, -0.2) is 0 Å². The van der Waals surface area contributed by atoms with Crippen molar-refractivity contribution in [2.45, 2.75) is 418 Å². The van der Waals surface area contributed by atoms with Gasteiger partial charge in [0.15, 0.2) is 0 Å². The van der Waals surface area contributed by atoms with Gasteiger partial charge in [0.05, 0.1) is 25.4 Å². The Labute approximate surface area is 506 Å². The minimum atomic E-state index is -0.667. The van der Waals surface area contributed by atoms with Crippen molar-refractivity contribution in [1.82, 2.24) is 5.32 Å². The molecule has 2 atom stereocenters. The van der Waals surface area contributed by atoms with Crippen LogP contribution in [0.15, 0.2) is 36.5 Å². The lowest BCUT2D eigenvalue weighted by Gasteiger charge is -2.22. The van der Waals surface area contributed by atoms with Gasteiger partial charge in [-0.1, -0.05) is 352 Å². The van der Waals surface area contributed by atoms with Crippen molar-refractivity contribution in [2.24, 2.45) is 0 Å². The number of unbranched alkanes of at least 4 members (excludes halogenated alkanes) is 52. The largest absolute Gasteiger partial charge is 0.466 e. The number of aliphatic hydroxyl groups is 2. The van der Waals surface area contributed by atoms with Crippen molar-refractivity contribution < 1.29 is 24.5 Å². The number of nitrogens with one attached hydrogen (secondary N) is 1. The molecule has 0 saturated carbocycles. The number of allylic oxidation sites excluding steroid dienone is 6. The average molecular weight is 1140 g/mol. The van der Waals surface area contributed by atoms with Crippen LogP contribution in [0.1, 0.15) is 406 Å². The second-order valence-corrected chi connectivity index (χ2v) is 25.3. The van der Waals surface area contributed by atoms with Gasteiger partial charge in [-0.15, -0.1) is 0 Å². The van der Waals surface area contributed by atoms with Crippen LogP contribution in [-0.4, -0.2) is 47.4 Å². The number of rotatable bonds is 69. The van der Waals surface area contributed by atoms with Gasteiger partial charge in [0.25, 0.3) is 0 Å². The summed E-state index contributed by atoms with van der Waals surface area (Å²) in [7, 11) is 0. The van der Waals surface area contributed by atoms with Crippen LogP contribution in [0.4, 0.5) is 0 Å². The first-order valence-corrected chi connectivity index (χ1v) is 36.7. The molecule has 0 saturated heterocycles. The number of ether oxygens (including phenoxy) is 1. The molecule has 1 amide bonds. The molecule has 0 fully saturated rings. The van der Waals surface area contributed by atoms with Crippen LogP contribution in [0.5, 0.6) is 0 Å². The molecule has 0 aromatic heterocycles. The summed E-state index contributed by atoms with van der Waals surface area (Å²) in [6.45, 7) is 4.92. The Bertz CT molecular complexity index is 1310. The monoisotopic (exact) mass is 1140 g/mol. The minimum absolute atomic E-state index is 0.000290. The summed E-state index contributed by atoms with van der Waals surface area (Å²) in [6, 6.07) is -0.544. The van der Waals surface area contributed by atoms with E-state index in [1.165, 1.54) is 321 Å². The normalized spacial score (nSPS) is 12.7. The summed E-state index contributed by atoms with van der Waals surface area (Å²) in [5.74, 6) is -0.0309. The number of hydrogen-bond donors (Lipinski definition) is 3. The van der Waals surface area contributed by atoms with E-state index in [0.29, 0.717) is 25.9 Å². The van der Waals surface area contributed by atoms with Crippen LogP contribution in [0.25, 0.3) is 0 Å². The Hall–Kier alpha value is -1.92. The van der Waals surface area contributed by atoms with Gasteiger partial charge in [0, 0.05) is 12.8 Å². The molecule has 0 aliphatic heterocycles. The van der Waals surface area contributed by atoms with Crippen LogP contribution in [0, 0.1) is 0 Å². The van der Waals surface area contributed by atoms with Crippen molar-refractivity contribution >= 4 is 11.9 Å². The van der Waals surface area contributed by atoms with Gasteiger partial charge in [-0.2, -0.15) is 0 Å². The van der Waals surface area contributed by atoms with E-state index in [4.69, 9.17) is 4.74 Å². The third kappa shape index (κ3) is 67.1. The molecule has 0 aromatic rings. The molecule has 0 spiro atoms. The Kier molecular flexibility index (Phi) is 68.9. The SMILES string of the molecule is CCC/C=C\C/C=C\CCCCCCCC(=O)OCCCCCCCCCCCCCC/C=C\CCCCCCCCCCCCCC(=O)NC(CO)C(O)CCCCCCCCCCCCCCCCCCCCCCCCCC. The highest BCUT2D eigenvalue weighted by Crippen LogP contribution is 2.19. The zero-order chi connectivity index (χ0) is 58.5. The summed E-state index contributed by atoms with van der Waals surface area (Å²) >= 11 is 0. The fraction of sp³-hybridized carbons (Fsp3) is 0.893. The minimum Gasteiger partial charge on any atom is -0.466 e. The second kappa shape index (κ2) is 70.6. The molecule has 0 bridgehead atoms. The van der Waals surface area contributed by atoms with Gasteiger partial charge < -0.3 is 20.3 Å². The Morgan fingerprint density at radius 1 is 0.346 bits per heavy atom. The Morgan fingerprint density at radius 2 is 0.642 bits per heavy atom. The molecule has 6 heteroatoms. The summed E-state index contributed by atoms with van der Waals surface area (Å²) in [4.78, 5) is 24.6. The molecule has 6 nitrogen and oxygen atoms in total. The van der Waals surface area contributed by atoms with E-state index >= 15 is 0 Å².